The van der Waals surface area contributed by atoms with E-state index in [9.17, 15) is 44.6 Å². The quantitative estimate of drug-likeness (QED) is 0.0150. The number of carbonyl (C=O) groups excluding carboxylic acids is 2. The second kappa shape index (κ2) is 35.0. The van der Waals surface area contributed by atoms with Crippen molar-refractivity contribution in [2.24, 2.45) is 0 Å². The smallest absolute Gasteiger partial charge is 0.462 e. The molecule has 6 N–H and O–H groups in total. The van der Waals surface area contributed by atoms with Gasteiger partial charge in [-0.15, -0.1) is 0 Å². The number of hydrogen-bond donors (Lipinski definition) is 6. The van der Waals surface area contributed by atoms with Gasteiger partial charge in [0, 0.05) is 12.8 Å². The molecule has 1 aliphatic rings. The van der Waals surface area contributed by atoms with Gasteiger partial charge in [-0.3, -0.25) is 18.6 Å². The Morgan fingerprint density at radius 2 is 0.879 bits per heavy atom. The first kappa shape index (κ1) is 54.3. The van der Waals surface area contributed by atoms with Crippen molar-refractivity contribution in [1.82, 2.24) is 0 Å². The summed E-state index contributed by atoms with van der Waals surface area (Å²) in [6.45, 7) is 3.27. The summed E-state index contributed by atoms with van der Waals surface area (Å²) in [6, 6.07) is 0. The minimum Gasteiger partial charge on any atom is -0.462 e. The number of aliphatic hydroxyl groups is 5. The van der Waals surface area contributed by atoms with Gasteiger partial charge in [0.1, 0.15) is 43.2 Å². The SMILES string of the molecule is CCCCCCC/C=C\CCCCCCCC(=O)OCC(COP(=O)(O)OC1C(O)C(O)C(O)C(O)C1O)OC(=O)CCCCCCC/C=C\CCCCCCCC. The van der Waals surface area contributed by atoms with Crippen LogP contribution in [0.3, 0.4) is 0 Å². The fraction of sp³-hybridized carbons (Fsp3) is 0.864. The molecule has 58 heavy (non-hydrogen) atoms. The maximum atomic E-state index is 12.8. The second-order valence-corrected chi connectivity index (χ2v) is 17.3. The number of allylic oxidation sites excluding steroid dienone is 4. The number of rotatable bonds is 37. The zero-order valence-corrected chi connectivity index (χ0v) is 36.7. The van der Waals surface area contributed by atoms with Crippen LogP contribution in [-0.4, -0.2) is 98.3 Å². The third-order valence-corrected chi connectivity index (χ3v) is 11.5. The van der Waals surface area contributed by atoms with E-state index in [-0.39, 0.29) is 12.8 Å². The molecule has 0 aromatic heterocycles. The number of ether oxygens (including phenoxy) is 2. The van der Waals surface area contributed by atoms with E-state index in [0.29, 0.717) is 12.8 Å². The van der Waals surface area contributed by atoms with Gasteiger partial charge in [-0.05, 0) is 64.2 Å². The lowest BCUT2D eigenvalue weighted by molar-refractivity contribution is -0.220. The molecule has 0 heterocycles. The Hall–Kier alpha value is -1.67. The fourth-order valence-electron chi connectivity index (χ4n) is 6.81. The molecular formula is C44H81O13P. The summed E-state index contributed by atoms with van der Waals surface area (Å²) in [7, 11) is -5.12. The highest BCUT2D eigenvalue weighted by molar-refractivity contribution is 7.47. The van der Waals surface area contributed by atoms with Crippen LogP contribution in [0.15, 0.2) is 24.3 Å². The Morgan fingerprint density at radius 1 is 0.517 bits per heavy atom. The standard InChI is InChI=1S/C44H81O13P/c1-3-5-7-9-11-13-15-17-19-21-23-25-27-29-31-33-38(46)56-36(35-55-58(52,53)57-44-42(50)40(48)39(47)41(49)43(44)51)34-54-37(45)32-30-28-26-24-22-20-18-16-14-12-10-8-6-4-2/h16-19,36,39-44,47-51H,3-15,20-35H2,1-2H3,(H,52,53)/b18-16-,19-17-. The summed E-state index contributed by atoms with van der Waals surface area (Å²) in [5.41, 5.74) is 0. The lowest BCUT2D eigenvalue weighted by atomic mass is 9.85. The first-order chi connectivity index (χ1) is 27.9. The average Bonchev–Trinajstić information content (AvgIpc) is 3.20. The van der Waals surface area contributed by atoms with Crippen molar-refractivity contribution in [1.29, 1.82) is 0 Å². The Balaban J connectivity index is 2.48. The van der Waals surface area contributed by atoms with Crippen molar-refractivity contribution in [2.75, 3.05) is 13.2 Å². The molecule has 0 radical (unpaired) electrons. The second-order valence-electron chi connectivity index (χ2n) is 15.9. The summed E-state index contributed by atoms with van der Waals surface area (Å²) < 4.78 is 33.5. The van der Waals surface area contributed by atoms with Crippen LogP contribution in [-0.2, 0) is 32.7 Å². The van der Waals surface area contributed by atoms with Crippen LogP contribution in [0.25, 0.3) is 0 Å². The Labute approximate surface area is 349 Å². The summed E-state index contributed by atoms with van der Waals surface area (Å²) in [4.78, 5) is 35.6. The molecule has 6 unspecified atom stereocenters. The molecule has 14 heteroatoms. The zero-order valence-electron chi connectivity index (χ0n) is 35.8. The average molecular weight is 849 g/mol. The van der Waals surface area contributed by atoms with Gasteiger partial charge < -0.3 is 39.9 Å². The molecule has 1 rings (SSSR count). The van der Waals surface area contributed by atoms with Crippen molar-refractivity contribution in [2.45, 2.75) is 230 Å². The van der Waals surface area contributed by atoms with Crippen LogP contribution >= 0.6 is 7.82 Å². The minimum absolute atomic E-state index is 0.0866. The van der Waals surface area contributed by atoms with Gasteiger partial charge in [-0.25, -0.2) is 4.57 Å². The summed E-state index contributed by atoms with van der Waals surface area (Å²) >= 11 is 0. The van der Waals surface area contributed by atoms with Crippen molar-refractivity contribution in [3.05, 3.63) is 24.3 Å². The van der Waals surface area contributed by atoms with Gasteiger partial charge >= 0.3 is 19.8 Å². The van der Waals surface area contributed by atoms with Crippen LogP contribution < -0.4 is 0 Å². The van der Waals surface area contributed by atoms with Crippen molar-refractivity contribution in [3.63, 3.8) is 0 Å². The molecule has 1 saturated carbocycles. The van der Waals surface area contributed by atoms with Gasteiger partial charge in [0.25, 0.3) is 0 Å². The molecule has 6 atom stereocenters. The first-order valence-electron chi connectivity index (χ1n) is 22.6. The van der Waals surface area contributed by atoms with Gasteiger partial charge in [-0.2, -0.15) is 0 Å². The zero-order chi connectivity index (χ0) is 42.9. The fourth-order valence-corrected chi connectivity index (χ4v) is 7.78. The van der Waals surface area contributed by atoms with Gasteiger partial charge in [0.15, 0.2) is 6.10 Å². The Kier molecular flexibility index (Phi) is 32.8. The van der Waals surface area contributed by atoms with E-state index in [4.69, 9.17) is 18.5 Å². The van der Waals surface area contributed by atoms with E-state index in [1.54, 1.807) is 0 Å². The molecule has 0 bridgehead atoms. The van der Waals surface area contributed by atoms with Gasteiger partial charge in [0.2, 0.25) is 0 Å². The lowest BCUT2D eigenvalue weighted by Crippen LogP contribution is -2.64. The van der Waals surface area contributed by atoms with Crippen LogP contribution in [0, 0.1) is 0 Å². The van der Waals surface area contributed by atoms with Crippen LogP contribution in [0.4, 0.5) is 0 Å². The molecule has 0 spiro atoms. The molecule has 0 saturated heterocycles. The topological polar surface area (TPSA) is 210 Å². The van der Waals surface area contributed by atoms with Crippen LogP contribution in [0.1, 0.15) is 187 Å². The van der Waals surface area contributed by atoms with Crippen molar-refractivity contribution in [3.8, 4) is 0 Å². The predicted molar refractivity (Wildman–Crippen MR) is 226 cm³/mol. The highest BCUT2D eigenvalue weighted by Gasteiger charge is 2.51. The van der Waals surface area contributed by atoms with Crippen LogP contribution in [0.5, 0.6) is 0 Å². The monoisotopic (exact) mass is 849 g/mol. The van der Waals surface area contributed by atoms with E-state index in [0.717, 1.165) is 77.0 Å². The third kappa shape index (κ3) is 27.2. The number of phosphoric acid groups is 1. The summed E-state index contributed by atoms with van der Waals surface area (Å²) in [5, 5.41) is 50.1. The molecule has 13 nitrogen and oxygen atoms in total. The molecule has 1 fully saturated rings. The van der Waals surface area contributed by atoms with E-state index < -0.39 is 75.7 Å². The number of unbranched alkanes of at least 4 members (excludes halogenated alkanes) is 21. The number of phosphoric ester groups is 1. The molecule has 0 aromatic carbocycles. The lowest BCUT2D eigenvalue weighted by Gasteiger charge is -2.41. The van der Waals surface area contributed by atoms with Crippen molar-refractivity contribution < 1.29 is 63.1 Å². The van der Waals surface area contributed by atoms with Crippen LogP contribution in [0.2, 0.25) is 0 Å². The highest BCUT2D eigenvalue weighted by Crippen LogP contribution is 2.47. The maximum Gasteiger partial charge on any atom is 0.472 e. The normalized spacial score (nSPS) is 22.7. The number of esters is 2. The van der Waals surface area contributed by atoms with E-state index in [1.807, 2.05) is 0 Å². The highest BCUT2D eigenvalue weighted by atomic mass is 31.2. The molecule has 0 aromatic rings. The number of carbonyl (C=O) groups is 2. The molecule has 0 aliphatic heterocycles. The largest absolute Gasteiger partial charge is 0.472 e. The van der Waals surface area contributed by atoms with E-state index >= 15 is 0 Å². The Bertz CT molecular complexity index is 1120. The third-order valence-electron chi connectivity index (χ3n) is 10.5. The molecule has 1 aliphatic carbocycles. The van der Waals surface area contributed by atoms with Gasteiger partial charge in [-0.1, -0.05) is 134 Å². The Morgan fingerprint density at radius 3 is 1.31 bits per heavy atom. The predicted octanol–water partition coefficient (Wildman–Crippen LogP) is 8.45. The maximum absolute atomic E-state index is 12.8. The van der Waals surface area contributed by atoms with E-state index in [2.05, 4.69) is 38.2 Å². The number of aliphatic hydroxyl groups excluding tert-OH is 5. The number of hydrogen-bond acceptors (Lipinski definition) is 12. The summed E-state index contributed by atoms with van der Waals surface area (Å²) in [5.74, 6) is -1.12. The molecule has 340 valence electrons. The summed E-state index contributed by atoms with van der Waals surface area (Å²) in [6.07, 6.45) is 23.8. The molecule has 0 amide bonds. The van der Waals surface area contributed by atoms with Gasteiger partial charge in [0.05, 0.1) is 6.61 Å². The first-order valence-corrected chi connectivity index (χ1v) is 24.1. The minimum atomic E-state index is -5.12. The van der Waals surface area contributed by atoms with Crippen molar-refractivity contribution >= 4 is 19.8 Å². The molecular weight excluding hydrogens is 767 g/mol. The van der Waals surface area contributed by atoms with E-state index in [1.165, 1.54) is 70.6 Å².